The maximum atomic E-state index is 9.13. The summed E-state index contributed by atoms with van der Waals surface area (Å²) < 4.78 is 10.8. The molecule has 0 aliphatic heterocycles. The van der Waals surface area contributed by atoms with Gasteiger partial charge >= 0.3 is 0 Å². The molecule has 0 aromatic heterocycles. The maximum absolute atomic E-state index is 9.13. The van der Waals surface area contributed by atoms with Crippen molar-refractivity contribution in [1.82, 2.24) is 5.32 Å². The number of nitrogens with one attached hydrogen (secondary N) is 1. The van der Waals surface area contributed by atoms with E-state index in [-0.39, 0.29) is 12.6 Å². The summed E-state index contributed by atoms with van der Waals surface area (Å²) in [5.74, 6) is 0. The van der Waals surface area contributed by atoms with Crippen LogP contribution in [0.5, 0.6) is 0 Å². The van der Waals surface area contributed by atoms with Gasteiger partial charge in [-0.1, -0.05) is 27.2 Å². The zero-order valence-corrected chi connectivity index (χ0v) is 11.6. The molecule has 0 aromatic rings. The molecule has 0 saturated carbocycles. The second kappa shape index (κ2) is 12.3. The van der Waals surface area contributed by atoms with Gasteiger partial charge in [-0.15, -0.1) is 0 Å². The first-order chi connectivity index (χ1) is 8.20. The number of rotatable bonds is 12. The van der Waals surface area contributed by atoms with Gasteiger partial charge < -0.3 is 19.9 Å². The van der Waals surface area contributed by atoms with E-state index in [4.69, 9.17) is 14.6 Å². The lowest BCUT2D eigenvalue weighted by atomic mass is 10.2. The Morgan fingerprint density at radius 3 is 2.24 bits per heavy atom. The summed E-state index contributed by atoms with van der Waals surface area (Å²) in [6.45, 7) is 9.27. The molecule has 4 nitrogen and oxygen atoms in total. The Morgan fingerprint density at radius 1 is 1.06 bits per heavy atom. The Morgan fingerprint density at radius 2 is 1.71 bits per heavy atom. The zero-order chi connectivity index (χ0) is 12.9. The van der Waals surface area contributed by atoms with Crippen molar-refractivity contribution in [2.45, 2.75) is 52.1 Å². The molecule has 17 heavy (non-hydrogen) atoms. The van der Waals surface area contributed by atoms with Crippen molar-refractivity contribution < 1.29 is 14.6 Å². The van der Waals surface area contributed by atoms with E-state index in [1.165, 1.54) is 6.42 Å². The van der Waals surface area contributed by atoms with Gasteiger partial charge in [-0.25, -0.2) is 0 Å². The molecule has 0 radical (unpaired) electrons. The van der Waals surface area contributed by atoms with E-state index in [2.05, 4.69) is 26.1 Å². The first-order valence-corrected chi connectivity index (χ1v) is 6.73. The molecule has 0 bridgehead atoms. The Kier molecular flexibility index (Phi) is 12.2. The SMILES string of the molecule is CCCCOCCOCCC(CO)NC(C)C. The third-order valence-electron chi connectivity index (χ3n) is 2.41. The van der Waals surface area contributed by atoms with E-state index in [9.17, 15) is 0 Å². The van der Waals surface area contributed by atoms with Gasteiger partial charge in [-0.3, -0.25) is 0 Å². The second-order valence-electron chi connectivity index (χ2n) is 4.57. The highest BCUT2D eigenvalue weighted by molar-refractivity contribution is 4.67. The van der Waals surface area contributed by atoms with Gasteiger partial charge in [0, 0.05) is 25.3 Å². The fourth-order valence-electron chi connectivity index (χ4n) is 1.49. The number of hydrogen-bond donors (Lipinski definition) is 2. The van der Waals surface area contributed by atoms with Gasteiger partial charge in [0.1, 0.15) is 0 Å². The minimum atomic E-state index is 0.135. The molecule has 2 N–H and O–H groups in total. The summed E-state index contributed by atoms with van der Waals surface area (Å²) in [4.78, 5) is 0. The number of ether oxygens (including phenoxy) is 2. The molecule has 104 valence electrons. The lowest BCUT2D eigenvalue weighted by Gasteiger charge is -2.18. The van der Waals surface area contributed by atoms with Crippen molar-refractivity contribution in [3.63, 3.8) is 0 Å². The highest BCUT2D eigenvalue weighted by Crippen LogP contribution is 1.95. The Hall–Kier alpha value is -0.160. The minimum absolute atomic E-state index is 0.135. The number of hydrogen-bond acceptors (Lipinski definition) is 4. The molecule has 0 aliphatic carbocycles. The van der Waals surface area contributed by atoms with Crippen molar-refractivity contribution in [1.29, 1.82) is 0 Å². The summed E-state index contributed by atoms with van der Waals surface area (Å²) in [7, 11) is 0. The molecule has 0 aromatic carbocycles. The van der Waals surface area contributed by atoms with Crippen LogP contribution in [-0.4, -0.2) is 50.2 Å². The monoisotopic (exact) mass is 247 g/mol. The molecule has 1 unspecified atom stereocenters. The van der Waals surface area contributed by atoms with Crippen molar-refractivity contribution >= 4 is 0 Å². The third-order valence-corrected chi connectivity index (χ3v) is 2.41. The predicted octanol–water partition coefficient (Wildman–Crippen LogP) is 1.57. The number of aliphatic hydroxyl groups is 1. The number of unbranched alkanes of at least 4 members (excludes halogenated alkanes) is 1. The molecule has 0 heterocycles. The van der Waals surface area contributed by atoms with Crippen molar-refractivity contribution in [3.8, 4) is 0 Å². The van der Waals surface area contributed by atoms with Crippen LogP contribution in [0.2, 0.25) is 0 Å². The lowest BCUT2D eigenvalue weighted by Crippen LogP contribution is -2.38. The summed E-state index contributed by atoms with van der Waals surface area (Å²) in [5, 5.41) is 12.4. The van der Waals surface area contributed by atoms with E-state index in [0.29, 0.717) is 25.9 Å². The van der Waals surface area contributed by atoms with Crippen LogP contribution < -0.4 is 5.32 Å². The Balaban J connectivity index is 3.25. The molecule has 1 atom stereocenters. The van der Waals surface area contributed by atoms with Crippen LogP contribution in [0.4, 0.5) is 0 Å². The number of aliphatic hydroxyl groups excluding tert-OH is 1. The molecule has 0 fully saturated rings. The highest BCUT2D eigenvalue weighted by atomic mass is 16.5. The van der Waals surface area contributed by atoms with E-state index in [0.717, 1.165) is 19.4 Å². The quantitative estimate of drug-likeness (QED) is 0.514. The van der Waals surface area contributed by atoms with Crippen LogP contribution in [0.15, 0.2) is 0 Å². The second-order valence-corrected chi connectivity index (χ2v) is 4.57. The van der Waals surface area contributed by atoms with Gasteiger partial charge in [0.15, 0.2) is 0 Å². The van der Waals surface area contributed by atoms with Crippen LogP contribution >= 0.6 is 0 Å². The van der Waals surface area contributed by atoms with Gasteiger partial charge in [0.25, 0.3) is 0 Å². The van der Waals surface area contributed by atoms with Crippen LogP contribution in [0.1, 0.15) is 40.0 Å². The van der Waals surface area contributed by atoms with E-state index in [1.807, 2.05) is 0 Å². The van der Waals surface area contributed by atoms with Gasteiger partial charge in [-0.2, -0.15) is 0 Å². The minimum Gasteiger partial charge on any atom is -0.395 e. The molecule has 0 spiro atoms. The maximum Gasteiger partial charge on any atom is 0.0700 e. The summed E-state index contributed by atoms with van der Waals surface area (Å²) in [6, 6.07) is 0.528. The summed E-state index contributed by atoms with van der Waals surface area (Å²) in [5.41, 5.74) is 0. The summed E-state index contributed by atoms with van der Waals surface area (Å²) >= 11 is 0. The molecule has 4 heteroatoms. The molecular formula is C13H29NO3. The first kappa shape index (κ1) is 16.8. The molecule has 0 aliphatic rings. The van der Waals surface area contributed by atoms with Crippen LogP contribution in [0.3, 0.4) is 0 Å². The average molecular weight is 247 g/mol. The molecule has 0 rings (SSSR count). The third kappa shape index (κ3) is 12.1. The Labute approximate surface area is 106 Å². The fourth-order valence-corrected chi connectivity index (χ4v) is 1.49. The highest BCUT2D eigenvalue weighted by Gasteiger charge is 2.07. The van der Waals surface area contributed by atoms with Gasteiger partial charge in [0.2, 0.25) is 0 Å². The van der Waals surface area contributed by atoms with Crippen molar-refractivity contribution in [2.24, 2.45) is 0 Å². The van der Waals surface area contributed by atoms with Crippen molar-refractivity contribution in [3.05, 3.63) is 0 Å². The van der Waals surface area contributed by atoms with Crippen LogP contribution in [0.25, 0.3) is 0 Å². The van der Waals surface area contributed by atoms with Gasteiger partial charge in [-0.05, 0) is 12.8 Å². The largest absolute Gasteiger partial charge is 0.395 e. The smallest absolute Gasteiger partial charge is 0.0700 e. The molecule has 0 amide bonds. The zero-order valence-electron chi connectivity index (χ0n) is 11.6. The molecular weight excluding hydrogens is 218 g/mol. The van der Waals surface area contributed by atoms with E-state index >= 15 is 0 Å². The normalized spacial score (nSPS) is 13.2. The topological polar surface area (TPSA) is 50.7 Å². The van der Waals surface area contributed by atoms with E-state index < -0.39 is 0 Å². The lowest BCUT2D eigenvalue weighted by molar-refractivity contribution is 0.0409. The predicted molar refractivity (Wildman–Crippen MR) is 70.3 cm³/mol. The van der Waals surface area contributed by atoms with Crippen molar-refractivity contribution in [2.75, 3.05) is 33.0 Å². The van der Waals surface area contributed by atoms with E-state index in [1.54, 1.807) is 0 Å². The molecule has 0 saturated heterocycles. The Bertz CT molecular complexity index is 154. The fraction of sp³-hybridized carbons (Fsp3) is 1.00. The van der Waals surface area contributed by atoms with Crippen LogP contribution in [-0.2, 0) is 9.47 Å². The van der Waals surface area contributed by atoms with Gasteiger partial charge in [0.05, 0.1) is 19.8 Å². The van der Waals surface area contributed by atoms with Crippen LogP contribution in [0, 0.1) is 0 Å². The first-order valence-electron chi connectivity index (χ1n) is 6.73. The average Bonchev–Trinajstić information content (AvgIpc) is 2.30. The summed E-state index contributed by atoms with van der Waals surface area (Å²) in [6.07, 6.45) is 3.12. The standard InChI is InChI=1S/C13H29NO3/c1-4-5-7-16-9-10-17-8-6-13(11-15)14-12(2)3/h12-15H,4-11H2,1-3H3.